The Bertz CT molecular complexity index is 416. The third-order valence-electron chi connectivity index (χ3n) is 2.92. The van der Waals surface area contributed by atoms with Crippen molar-refractivity contribution in [3.05, 3.63) is 29.8 Å². The van der Waals surface area contributed by atoms with Crippen LogP contribution in [0, 0.1) is 5.41 Å². The first-order valence-corrected chi connectivity index (χ1v) is 6.60. The molecule has 106 valence electrons. The van der Waals surface area contributed by atoms with Gasteiger partial charge in [0.2, 0.25) is 0 Å². The topological polar surface area (TPSA) is 58.6 Å². The summed E-state index contributed by atoms with van der Waals surface area (Å²) in [6, 6.07) is 7.13. The third kappa shape index (κ3) is 5.30. The fourth-order valence-electron chi connectivity index (χ4n) is 1.71. The number of nitrogens with one attached hydrogen (secondary N) is 1. The standard InChI is InChI=1S/C15H23NO3/c1-4-19-13-7-5-6-12(10-13)14(18)16-11-15(2,3)8-9-17/h5-7,10,17H,4,8-9,11H2,1-3H3,(H,16,18). The number of benzene rings is 1. The lowest BCUT2D eigenvalue weighted by molar-refractivity contribution is 0.0927. The van der Waals surface area contributed by atoms with Crippen LogP contribution in [0.2, 0.25) is 0 Å². The lowest BCUT2D eigenvalue weighted by atomic mass is 9.89. The molecule has 4 heteroatoms. The predicted molar refractivity (Wildman–Crippen MR) is 75.4 cm³/mol. The van der Waals surface area contributed by atoms with E-state index in [2.05, 4.69) is 5.32 Å². The fourth-order valence-corrected chi connectivity index (χ4v) is 1.71. The molecule has 1 aromatic rings. The SMILES string of the molecule is CCOc1cccc(C(=O)NCC(C)(C)CCO)c1. The predicted octanol–water partition coefficient (Wildman–Crippen LogP) is 2.22. The van der Waals surface area contributed by atoms with E-state index in [0.29, 0.717) is 30.9 Å². The Morgan fingerprint density at radius 3 is 2.79 bits per heavy atom. The minimum absolute atomic E-state index is 0.109. The second kappa shape index (κ2) is 7.14. The van der Waals surface area contributed by atoms with Gasteiger partial charge in [0.05, 0.1) is 6.61 Å². The van der Waals surface area contributed by atoms with Gasteiger partial charge in [-0.15, -0.1) is 0 Å². The molecule has 0 atom stereocenters. The number of ether oxygens (including phenoxy) is 1. The summed E-state index contributed by atoms with van der Waals surface area (Å²) in [5, 5.41) is 11.8. The van der Waals surface area contributed by atoms with E-state index in [1.807, 2.05) is 26.8 Å². The smallest absolute Gasteiger partial charge is 0.251 e. The number of rotatable bonds is 7. The van der Waals surface area contributed by atoms with E-state index < -0.39 is 0 Å². The molecular formula is C15H23NO3. The second-order valence-corrected chi connectivity index (χ2v) is 5.28. The maximum absolute atomic E-state index is 12.0. The van der Waals surface area contributed by atoms with Gasteiger partial charge in [-0.05, 0) is 37.0 Å². The summed E-state index contributed by atoms with van der Waals surface area (Å²) in [4.78, 5) is 12.0. The van der Waals surface area contributed by atoms with Crippen molar-refractivity contribution >= 4 is 5.91 Å². The van der Waals surface area contributed by atoms with Crippen LogP contribution in [-0.4, -0.2) is 30.8 Å². The van der Waals surface area contributed by atoms with Crippen LogP contribution in [0.15, 0.2) is 24.3 Å². The van der Waals surface area contributed by atoms with Gasteiger partial charge in [0, 0.05) is 18.7 Å². The highest BCUT2D eigenvalue weighted by atomic mass is 16.5. The van der Waals surface area contributed by atoms with Gasteiger partial charge in [0.15, 0.2) is 0 Å². The number of hydrogen-bond donors (Lipinski definition) is 2. The molecule has 0 spiro atoms. The number of amides is 1. The Hall–Kier alpha value is -1.55. The first-order valence-electron chi connectivity index (χ1n) is 6.60. The lowest BCUT2D eigenvalue weighted by Crippen LogP contribution is -2.34. The molecule has 4 nitrogen and oxygen atoms in total. The van der Waals surface area contributed by atoms with Crippen molar-refractivity contribution in [3.8, 4) is 5.75 Å². The normalized spacial score (nSPS) is 11.2. The molecule has 0 radical (unpaired) electrons. The molecule has 1 aromatic carbocycles. The van der Waals surface area contributed by atoms with Crippen LogP contribution in [0.3, 0.4) is 0 Å². The van der Waals surface area contributed by atoms with E-state index in [1.54, 1.807) is 18.2 Å². The van der Waals surface area contributed by atoms with Gasteiger partial charge in [-0.25, -0.2) is 0 Å². The van der Waals surface area contributed by atoms with E-state index >= 15 is 0 Å². The zero-order valence-electron chi connectivity index (χ0n) is 11.9. The number of hydrogen-bond acceptors (Lipinski definition) is 3. The summed E-state index contributed by atoms with van der Waals surface area (Å²) in [5.41, 5.74) is 0.479. The van der Waals surface area contributed by atoms with Crippen LogP contribution in [0.25, 0.3) is 0 Å². The van der Waals surface area contributed by atoms with Gasteiger partial charge in [-0.1, -0.05) is 19.9 Å². The first kappa shape index (κ1) is 15.5. The molecular weight excluding hydrogens is 242 g/mol. The van der Waals surface area contributed by atoms with Crippen molar-refractivity contribution in [2.45, 2.75) is 27.2 Å². The molecule has 0 saturated heterocycles. The van der Waals surface area contributed by atoms with E-state index in [0.717, 1.165) is 0 Å². The molecule has 1 amide bonds. The highest BCUT2D eigenvalue weighted by molar-refractivity contribution is 5.94. The average Bonchev–Trinajstić information content (AvgIpc) is 2.37. The number of aliphatic hydroxyl groups is 1. The zero-order valence-corrected chi connectivity index (χ0v) is 11.9. The average molecular weight is 265 g/mol. The van der Waals surface area contributed by atoms with E-state index in [-0.39, 0.29) is 17.9 Å². The Morgan fingerprint density at radius 1 is 1.42 bits per heavy atom. The van der Waals surface area contributed by atoms with Crippen molar-refractivity contribution in [1.82, 2.24) is 5.32 Å². The highest BCUT2D eigenvalue weighted by Crippen LogP contribution is 2.18. The molecule has 0 saturated carbocycles. The largest absolute Gasteiger partial charge is 0.494 e. The number of aliphatic hydroxyl groups excluding tert-OH is 1. The lowest BCUT2D eigenvalue weighted by Gasteiger charge is -2.23. The van der Waals surface area contributed by atoms with Crippen LogP contribution in [0.1, 0.15) is 37.6 Å². The van der Waals surface area contributed by atoms with E-state index in [1.165, 1.54) is 0 Å². The summed E-state index contributed by atoms with van der Waals surface area (Å²) in [6.45, 7) is 7.17. The molecule has 0 heterocycles. The Balaban J connectivity index is 2.60. The molecule has 0 fully saturated rings. The molecule has 19 heavy (non-hydrogen) atoms. The van der Waals surface area contributed by atoms with Gasteiger partial charge in [0.25, 0.3) is 5.91 Å². The van der Waals surface area contributed by atoms with Gasteiger partial charge < -0.3 is 15.2 Å². The van der Waals surface area contributed by atoms with Crippen molar-refractivity contribution in [2.75, 3.05) is 19.8 Å². The Kier molecular flexibility index (Phi) is 5.83. The van der Waals surface area contributed by atoms with Crippen molar-refractivity contribution in [1.29, 1.82) is 0 Å². The van der Waals surface area contributed by atoms with Crippen molar-refractivity contribution in [2.24, 2.45) is 5.41 Å². The van der Waals surface area contributed by atoms with Crippen molar-refractivity contribution in [3.63, 3.8) is 0 Å². The maximum atomic E-state index is 12.0. The maximum Gasteiger partial charge on any atom is 0.251 e. The highest BCUT2D eigenvalue weighted by Gasteiger charge is 2.18. The second-order valence-electron chi connectivity index (χ2n) is 5.28. The summed E-state index contributed by atoms with van der Waals surface area (Å²) in [6.07, 6.45) is 0.659. The molecule has 0 aliphatic carbocycles. The van der Waals surface area contributed by atoms with Gasteiger partial charge in [-0.2, -0.15) is 0 Å². The minimum atomic E-state index is -0.118. The van der Waals surface area contributed by atoms with E-state index in [9.17, 15) is 4.79 Å². The third-order valence-corrected chi connectivity index (χ3v) is 2.92. The first-order chi connectivity index (χ1) is 8.98. The number of carbonyl (C=O) groups excluding carboxylic acids is 1. The fraction of sp³-hybridized carbons (Fsp3) is 0.533. The van der Waals surface area contributed by atoms with Gasteiger partial charge in [-0.3, -0.25) is 4.79 Å². The molecule has 0 bridgehead atoms. The van der Waals surface area contributed by atoms with Crippen LogP contribution >= 0.6 is 0 Å². The van der Waals surface area contributed by atoms with Gasteiger partial charge >= 0.3 is 0 Å². The molecule has 0 aromatic heterocycles. The zero-order chi connectivity index (χ0) is 14.3. The molecule has 0 unspecified atom stereocenters. The van der Waals surface area contributed by atoms with Crippen LogP contribution in [0.5, 0.6) is 5.75 Å². The van der Waals surface area contributed by atoms with Crippen LogP contribution in [-0.2, 0) is 0 Å². The Morgan fingerprint density at radius 2 is 2.16 bits per heavy atom. The van der Waals surface area contributed by atoms with Crippen LogP contribution < -0.4 is 10.1 Å². The summed E-state index contributed by atoms with van der Waals surface area (Å²) < 4.78 is 5.37. The quantitative estimate of drug-likeness (QED) is 0.794. The Labute approximate surface area is 114 Å². The van der Waals surface area contributed by atoms with Crippen molar-refractivity contribution < 1.29 is 14.6 Å². The summed E-state index contributed by atoms with van der Waals surface area (Å²) >= 11 is 0. The number of carbonyl (C=O) groups is 1. The van der Waals surface area contributed by atoms with Gasteiger partial charge in [0.1, 0.15) is 5.75 Å². The molecule has 0 aliphatic rings. The summed E-state index contributed by atoms with van der Waals surface area (Å²) in [7, 11) is 0. The van der Waals surface area contributed by atoms with Crippen LogP contribution in [0.4, 0.5) is 0 Å². The molecule has 0 aliphatic heterocycles. The monoisotopic (exact) mass is 265 g/mol. The molecule has 2 N–H and O–H groups in total. The van der Waals surface area contributed by atoms with E-state index in [4.69, 9.17) is 9.84 Å². The summed E-state index contributed by atoms with van der Waals surface area (Å²) in [5.74, 6) is 0.581. The minimum Gasteiger partial charge on any atom is -0.494 e. The molecule has 1 rings (SSSR count).